The highest BCUT2D eigenvalue weighted by molar-refractivity contribution is 9.11. The Balaban J connectivity index is 2.34. The Labute approximate surface area is 142 Å². The van der Waals surface area contributed by atoms with Crippen molar-refractivity contribution >= 4 is 47.6 Å². The smallest absolute Gasteiger partial charge is 0.246 e. The highest BCUT2D eigenvalue weighted by atomic mass is 79.9. The molecule has 1 unspecified atom stereocenters. The van der Waals surface area contributed by atoms with E-state index in [1.165, 1.54) is 4.31 Å². The second-order valence-corrected chi connectivity index (χ2v) is 8.78. The second kappa shape index (κ2) is 6.95. The molecule has 1 aliphatic heterocycles. The van der Waals surface area contributed by atoms with Gasteiger partial charge in [0.05, 0.1) is 12.3 Å². The second-order valence-electron chi connectivity index (χ2n) is 5.13. The molecule has 0 amide bonds. The highest BCUT2D eigenvalue weighted by Crippen LogP contribution is 2.35. The van der Waals surface area contributed by atoms with E-state index in [-0.39, 0.29) is 16.5 Å². The number of ether oxygens (including phenoxy) is 1. The van der Waals surface area contributed by atoms with Crippen LogP contribution in [0.3, 0.4) is 0 Å². The minimum Gasteiger partial charge on any atom is -0.398 e. The zero-order chi connectivity index (χ0) is 15.6. The van der Waals surface area contributed by atoms with Gasteiger partial charge in [0.25, 0.3) is 0 Å². The molecule has 0 radical (unpaired) electrons. The number of piperidine rings is 1. The van der Waals surface area contributed by atoms with Gasteiger partial charge in [0.1, 0.15) is 4.90 Å². The maximum Gasteiger partial charge on any atom is 0.246 e. The summed E-state index contributed by atoms with van der Waals surface area (Å²) < 4.78 is 33.6. The Bertz CT molecular complexity index is 597. The molecule has 1 aromatic carbocycles. The van der Waals surface area contributed by atoms with Crippen molar-refractivity contribution in [3.63, 3.8) is 0 Å². The summed E-state index contributed by atoms with van der Waals surface area (Å²) in [5.74, 6) is 0.231. The lowest BCUT2D eigenvalue weighted by atomic mass is 10.0. The van der Waals surface area contributed by atoms with Gasteiger partial charge in [-0.1, -0.05) is 15.9 Å². The van der Waals surface area contributed by atoms with E-state index in [9.17, 15) is 8.42 Å². The Kier molecular flexibility index (Phi) is 5.70. The summed E-state index contributed by atoms with van der Waals surface area (Å²) >= 11 is 6.61. The third-order valence-corrected chi connectivity index (χ3v) is 6.85. The molecule has 0 spiro atoms. The van der Waals surface area contributed by atoms with Crippen LogP contribution in [0, 0.1) is 5.92 Å². The van der Waals surface area contributed by atoms with Crippen molar-refractivity contribution < 1.29 is 13.2 Å². The van der Waals surface area contributed by atoms with Crippen LogP contribution in [0.15, 0.2) is 26.0 Å². The molecule has 5 nitrogen and oxygen atoms in total. The van der Waals surface area contributed by atoms with Gasteiger partial charge in [0.2, 0.25) is 10.0 Å². The van der Waals surface area contributed by atoms with Crippen LogP contribution in [0.1, 0.15) is 12.8 Å². The number of nitrogens with two attached hydrogens (primary N) is 1. The number of benzene rings is 1. The van der Waals surface area contributed by atoms with Gasteiger partial charge in [-0.3, -0.25) is 0 Å². The normalized spacial score (nSPS) is 20.6. The van der Waals surface area contributed by atoms with Crippen LogP contribution in [0.4, 0.5) is 5.69 Å². The molecule has 118 valence electrons. The van der Waals surface area contributed by atoms with Gasteiger partial charge in [-0.15, -0.1) is 0 Å². The summed E-state index contributed by atoms with van der Waals surface area (Å²) in [5, 5.41) is 0. The van der Waals surface area contributed by atoms with Crippen LogP contribution >= 0.6 is 31.9 Å². The average molecular weight is 442 g/mol. The number of sulfonamides is 1. The molecular formula is C13H18Br2N2O3S. The minimum atomic E-state index is -3.61. The largest absolute Gasteiger partial charge is 0.398 e. The quantitative estimate of drug-likeness (QED) is 0.729. The first-order valence-electron chi connectivity index (χ1n) is 6.60. The molecule has 0 bridgehead atoms. The van der Waals surface area contributed by atoms with Gasteiger partial charge in [-0.05, 0) is 46.8 Å². The summed E-state index contributed by atoms with van der Waals surface area (Å²) in [6.07, 6.45) is 1.82. The van der Waals surface area contributed by atoms with Crippen LogP contribution < -0.4 is 5.73 Å². The molecular weight excluding hydrogens is 424 g/mol. The first kappa shape index (κ1) is 17.2. The number of rotatable bonds is 4. The monoisotopic (exact) mass is 440 g/mol. The van der Waals surface area contributed by atoms with Crippen molar-refractivity contribution in [1.82, 2.24) is 4.31 Å². The summed E-state index contributed by atoms with van der Waals surface area (Å²) in [5.41, 5.74) is 6.16. The van der Waals surface area contributed by atoms with Crippen LogP contribution in [0.25, 0.3) is 0 Å². The number of nitrogen functional groups attached to an aromatic ring is 1. The summed E-state index contributed by atoms with van der Waals surface area (Å²) in [6, 6.07) is 3.30. The lowest BCUT2D eigenvalue weighted by Gasteiger charge is -2.32. The third-order valence-electron chi connectivity index (χ3n) is 3.52. The molecule has 1 aliphatic rings. The van der Waals surface area contributed by atoms with E-state index in [1.54, 1.807) is 19.2 Å². The Morgan fingerprint density at radius 3 is 2.76 bits per heavy atom. The number of anilines is 1. The molecule has 2 rings (SSSR count). The van der Waals surface area contributed by atoms with Gasteiger partial charge in [0, 0.05) is 29.1 Å². The molecule has 21 heavy (non-hydrogen) atoms. The fourth-order valence-corrected chi connectivity index (χ4v) is 6.17. The van der Waals surface area contributed by atoms with Gasteiger partial charge in [0.15, 0.2) is 0 Å². The molecule has 0 saturated carbocycles. The van der Waals surface area contributed by atoms with Crippen LogP contribution in [-0.2, 0) is 14.8 Å². The zero-order valence-corrected chi connectivity index (χ0v) is 15.7. The van der Waals surface area contributed by atoms with Crippen molar-refractivity contribution in [2.75, 3.05) is 32.5 Å². The number of hydrogen-bond donors (Lipinski definition) is 1. The number of nitrogens with zero attached hydrogens (tertiary/aromatic N) is 1. The average Bonchev–Trinajstić information content (AvgIpc) is 2.37. The van der Waals surface area contributed by atoms with Crippen LogP contribution in [0.5, 0.6) is 0 Å². The summed E-state index contributed by atoms with van der Waals surface area (Å²) in [7, 11) is -1.97. The lowest BCUT2D eigenvalue weighted by molar-refractivity contribution is 0.118. The molecule has 1 saturated heterocycles. The molecule has 0 aromatic heterocycles. The van der Waals surface area contributed by atoms with Gasteiger partial charge in [-0.25, -0.2) is 8.42 Å². The number of halogens is 2. The Hall–Kier alpha value is -0.150. The molecule has 1 atom stereocenters. The van der Waals surface area contributed by atoms with E-state index in [0.717, 1.165) is 17.3 Å². The predicted octanol–water partition coefficient (Wildman–Crippen LogP) is 2.84. The zero-order valence-electron chi connectivity index (χ0n) is 11.7. The Morgan fingerprint density at radius 1 is 1.43 bits per heavy atom. The van der Waals surface area contributed by atoms with Crippen molar-refractivity contribution in [1.29, 1.82) is 0 Å². The molecule has 1 heterocycles. The minimum absolute atomic E-state index is 0.142. The van der Waals surface area contributed by atoms with Gasteiger partial charge < -0.3 is 10.5 Å². The van der Waals surface area contributed by atoms with Crippen LogP contribution in [-0.4, -0.2) is 39.5 Å². The molecule has 2 N–H and O–H groups in total. The van der Waals surface area contributed by atoms with Crippen molar-refractivity contribution in [3.05, 3.63) is 21.1 Å². The van der Waals surface area contributed by atoms with E-state index in [1.807, 2.05) is 0 Å². The Morgan fingerprint density at radius 2 is 2.14 bits per heavy atom. The maximum absolute atomic E-state index is 12.8. The van der Waals surface area contributed by atoms with E-state index in [4.69, 9.17) is 10.5 Å². The molecule has 0 aliphatic carbocycles. The molecule has 8 heteroatoms. The topological polar surface area (TPSA) is 72.6 Å². The fraction of sp³-hybridized carbons (Fsp3) is 0.538. The lowest BCUT2D eigenvalue weighted by Crippen LogP contribution is -2.41. The predicted molar refractivity (Wildman–Crippen MR) is 89.6 cm³/mol. The third kappa shape index (κ3) is 3.79. The SMILES string of the molecule is COCC1CCCN(S(=O)(=O)c2c(N)cc(Br)cc2Br)C1. The first-order chi connectivity index (χ1) is 9.86. The number of methoxy groups -OCH3 is 1. The van der Waals surface area contributed by atoms with Crippen molar-refractivity contribution in [3.8, 4) is 0 Å². The standard InChI is InChI=1S/C13H18Br2N2O3S/c1-20-8-9-3-2-4-17(7-9)21(18,19)13-11(15)5-10(14)6-12(13)16/h5-6,9H,2-4,7-8,16H2,1H3. The van der Waals surface area contributed by atoms with E-state index < -0.39 is 10.0 Å². The van der Waals surface area contributed by atoms with Crippen LogP contribution in [0.2, 0.25) is 0 Å². The van der Waals surface area contributed by atoms with Crippen molar-refractivity contribution in [2.24, 2.45) is 5.92 Å². The van der Waals surface area contributed by atoms with Gasteiger partial charge in [-0.2, -0.15) is 4.31 Å². The van der Waals surface area contributed by atoms with E-state index in [0.29, 0.717) is 24.2 Å². The molecule has 1 fully saturated rings. The van der Waals surface area contributed by atoms with Crippen molar-refractivity contribution in [2.45, 2.75) is 17.7 Å². The van der Waals surface area contributed by atoms with E-state index >= 15 is 0 Å². The maximum atomic E-state index is 12.8. The summed E-state index contributed by atoms with van der Waals surface area (Å²) in [4.78, 5) is 0.142. The summed E-state index contributed by atoms with van der Waals surface area (Å²) in [6.45, 7) is 1.56. The van der Waals surface area contributed by atoms with E-state index in [2.05, 4.69) is 31.9 Å². The number of hydrogen-bond acceptors (Lipinski definition) is 4. The van der Waals surface area contributed by atoms with Gasteiger partial charge >= 0.3 is 0 Å². The fourth-order valence-electron chi connectivity index (χ4n) is 2.60. The first-order valence-corrected chi connectivity index (χ1v) is 9.62. The highest BCUT2D eigenvalue weighted by Gasteiger charge is 2.33. The molecule has 1 aromatic rings.